The van der Waals surface area contributed by atoms with E-state index in [2.05, 4.69) is 0 Å². The minimum absolute atomic E-state index is 0.398. The van der Waals surface area contributed by atoms with Crippen molar-refractivity contribution in [3.8, 4) is 0 Å². The van der Waals surface area contributed by atoms with Gasteiger partial charge in [0.1, 0.15) is 12.8 Å². The van der Waals surface area contributed by atoms with Crippen molar-refractivity contribution in [3.05, 3.63) is 51.6 Å². The lowest BCUT2D eigenvalue weighted by molar-refractivity contribution is -0.792. The summed E-state index contributed by atoms with van der Waals surface area (Å²) < 4.78 is 0. The molecule has 0 unspecified atom stereocenters. The Bertz CT molecular complexity index is 638. The molecule has 0 fully saturated rings. The van der Waals surface area contributed by atoms with Crippen LogP contribution >= 0.6 is 0 Å². The van der Waals surface area contributed by atoms with Crippen LogP contribution in [0.2, 0.25) is 0 Å². The minimum Gasteiger partial charge on any atom is -0.478 e. The molecule has 0 radical (unpaired) electrons. The Hall–Kier alpha value is -3.72. The van der Waals surface area contributed by atoms with Crippen LogP contribution in [-0.2, 0) is 9.59 Å². The van der Waals surface area contributed by atoms with Gasteiger partial charge in [-0.15, -0.1) is 0 Å². The molecule has 144 valence electrons. The maximum Gasteiger partial charge on any atom is 0.460 e. The molecule has 26 heavy (non-hydrogen) atoms. The molecule has 2 N–H and O–H groups in total. The monoisotopic (exact) mass is 380 g/mol. The number of carbonyl (C=O) groups is 2. The first kappa shape index (κ1) is 22.3. The number of carboxylic acid groups (broad SMARTS) is 2. The van der Waals surface area contributed by atoms with Gasteiger partial charge in [0.2, 0.25) is 0 Å². The lowest BCUT2D eigenvalue weighted by atomic mass is 9.92. The van der Waals surface area contributed by atoms with Gasteiger partial charge in [0, 0.05) is 0 Å². The smallest absolute Gasteiger partial charge is 0.460 e. The third kappa shape index (κ3) is 4.22. The van der Waals surface area contributed by atoms with Gasteiger partial charge in [-0.2, -0.15) is 0 Å². The second-order valence-corrected chi connectivity index (χ2v) is 5.38. The number of hydrogen-bond donors (Lipinski definition) is 2. The van der Waals surface area contributed by atoms with Crippen molar-refractivity contribution in [2.45, 2.75) is 38.0 Å². The standard InChI is InChI=1S/C10H12N4O12/c1-9(11(19)20,12(21)22)3-5(7(15)16)6(8(17)18)4-10(2,13(23)24)14(25)26/h3-4H2,1-2H3,(H,15,16)(H,17,18). The fourth-order valence-electron chi connectivity index (χ4n) is 1.68. The van der Waals surface area contributed by atoms with E-state index >= 15 is 0 Å². The van der Waals surface area contributed by atoms with Gasteiger partial charge in [-0.05, 0) is 0 Å². The number of rotatable bonds is 10. The normalized spacial score (nSPS) is 12.7. The second kappa shape index (κ2) is 7.45. The molecule has 0 heterocycles. The van der Waals surface area contributed by atoms with E-state index in [-0.39, 0.29) is 0 Å². The van der Waals surface area contributed by atoms with Crippen molar-refractivity contribution < 1.29 is 39.5 Å². The zero-order valence-electron chi connectivity index (χ0n) is 13.2. The Morgan fingerprint density at radius 2 is 0.885 bits per heavy atom. The van der Waals surface area contributed by atoms with E-state index in [0.29, 0.717) is 13.8 Å². The fourth-order valence-corrected chi connectivity index (χ4v) is 1.68. The molecule has 0 aromatic carbocycles. The second-order valence-electron chi connectivity index (χ2n) is 5.38. The molecular formula is C10H12N4O12. The SMILES string of the molecule is CC(CC(C(=O)O)=C(CC(C)([N+](=O)[O-])[N+](=O)[O-])C(=O)O)([N+](=O)[O-])[N+](=O)[O-]. The summed E-state index contributed by atoms with van der Waals surface area (Å²) in [7, 11) is 0. The fraction of sp³-hybridized carbons (Fsp3) is 0.600. The average Bonchev–Trinajstić information content (AvgIpc) is 2.48. The highest BCUT2D eigenvalue weighted by Gasteiger charge is 2.56. The number of nitro groups is 4. The number of carboxylic acids is 2. The average molecular weight is 380 g/mol. The van der Waals surface area contributed by atoms with Crippen LogP contribution in [0.1, 0.15) is 26.7 Å². The van der Waals surface area contributed by atoms with Gasteiger partial charge in [0.15, 0.2) is 0 Å². The van der Waals surface area contributed by atoms with Gasteiger partial charge in [0.25, 0.3) is 0 Å². The van der Waals surface area contributed by atoms with E-state index in [1.54, 1.807) is 0 Å². The van der Waals surface area contributed by atoms with E-state index in [4.69, 9.17) is 10.2 Å². The predicted octanol–water partition coefficient (Wildman–Crippen LogP) is -0.228. The quantitative estimate of drug-likeness (QED) is 0.216. The minimum atomic E-state index is -3.17. The largest absolute Gasteiger partial charge is 0.478 e. The summed E-state index contributed by atoms with van der Waals surface area (Å²) in [6.07, 6.45) is -3.15. The van der Waals surface area contributed by atoms with Crippen molar-refractivity contribution in [3.63, 3.8) is 0 Å². The van der Waals surface area contributed by atoms with Crippen LogP contribution in [0.4, 0.5) is 0 Å². The molecule has 16 nitrogen and oxygen atoms in total. The van der Waals surface area contributed by atoms with Crippen LogP contribution in [0.15, 0.2) is 11.1 Å². The highest BCUT2D eigenvalue weighted by molar-refractivity contribution is 5.99. The summed E-state index contributed by atoms with van der Waals surface area (Å²) in [5.41, 5.74) is -9.20. The van der Waals surface area contributed by atoms with Gasteiger partial charge in [-0.3, -0.25) is 40.5 Å². The molecular weight excluding hydrogens is 368 g/mol. The Morgan fingerprint density at radius 3 is 1.00 bits per heavy atom. The lowest BCUT2D eigenvalue weighted by Crippen LogP contribution is -2.46. The van der Waals surface area contributed by atoms with E-state index in [1.807, 2.05) is 0 Å². The zero-order valence-corrected chi connectivity index (χ0v) is 13.2. The summed E-state index contributed by atoms with van der Waals surface area (Å²) in [6, 6.07) is 0. The van der Waals surface area contributed by atoms with Gasteiger partial charge in [-0.25, -0.2) is 9.59 Å². The summed E-state index contributed by atoms with van der Waals surface area (Å²) in [6.45, 7) is 0.797. The zero-order chi connectivity index (χ0) is 21.0. The lowest BCUT2D eigenvalue weighted by Gasteiger charge is -2.17. The Kier molecular flexibility index (Phi) is 6.38. The molecule has 0 rings (SSSR count). The maximum atomic E-state index is 11.3. The predicted molar refractivity (Wildman–Crippen MR) is 76.3 cm³/mol. The highest BCUT2D eigenvalue weighted by Crippen LogP contribution is 2.29. The van der Waals surface area contributed by atoms with Gasteiger partial charge in [0.05, 0.1) is 44.7 Å². The summed E-state index contributed by atoms with van der Waals surface area (Å²) >= 11 is 0. The highest BCUT2D eigenvalue weighted by atomic mass is 16.7. The van der Waals surface area contributed by atoms with E-state index in [1.165, 1.54) is 0 Å². The molecule has 0 atom stereocenters. The summed E-state index contributed by atoms with van der Waals surface area (Å²) in [5.74, 6) is -4.32. The van der Waals surface area contributed by atoms with Crippen molar-refractivity contribution in [1.29, 1.82) is 0 Å². The van der Waals surface area contributed by atoms with E-state index < -0.39 is 66.9 Å². The molecule has 16 heteroatoms. The van der Waals surface area contributed by atoms with E-state index in [9.17, 15) is 50.0 Å². The molecule has 0 aliphatic heterocycles. The van der Waals surface area contributed by atoms with Crippen molar-refractivity contribution in [1.82, 2.24) is 0 Å². The van der Waals surface area contributed by atoms with Gasteiger partial charge < -0.3 is 10.2 Å². The molecule has 0 saturated heterocycles. The first-order valence-electron chi connectivity index (χ1n) is 6.37. The molecule has 0 aromatic heterocycles. The molecule has 0 aliphatic carbocycles. The van der Waals surface area contributed by atoms with Crippen molar-refractivity contribution >= 4 is 11.9 Å². The third-order valence-corrected chi connectivity index (χ3v) is 3.48. The van der Waals surface area contributed by atoms with Crippen molar-refractivity contribution in [2.24, 2.45) is 0 Å². The molecule has 0 saturated carbocycles. The maximum absolute atomic E-state index is 11.3. The first-order valence-corrected chi connectivity index (χ1v) is 6.37. The number of hydrogen-bond acceptors (Lipinski definition) is 10. The topological polar surface area (TPSA) is 247 Å². The Labute approximate surface area is 142 Å². The number of aliphatic carboxylic acids is 2. The van der Waals surface area contributed by atoms with Gasteiger partial charge in [-0.1, -0.05) is 0 Å². The van der Waals surface area contributed by atoms with Crippen LogP contribution in [-0.4, -0.2) is 53.2 Å². The molecule has 0 aliphatic rings. The van der Waals surface area contributed by atoms with Crippen molar-refractivity contribution in [2.75, 3.05) is 0 Å². The van der Waals surface area contributed by atoms with Gasteiger partial charge >= 0.3 is 23.3 Å². The van der Waals surface area contributed by atoms with Crippen LogP contribution < -0.4 is 0 Å². The molecule has 0 bridgehead atoms. The molecule has 0 amide bonds. The van der Waals surface area contributed by atoms with Crippen LogP contribution in [0.3, 0.4) is 0 Å². The third-order valence-electron chi connectivity index (χ3n) is 3.48. The first-order chi connectivity index (χ1) is 11.6. The molecule has 0 spiro atoms. The van der Waals surface area contributed by atoms with E-state index in [0.717, 1.165) is 0 Å². The van der Waals surface area contributed by atoms with Crippen LogP contribution in [0, 0.1) is 40.5 Å². The van der Waals surface area contributed by atoms with Crippen LogP contribution in [0.5, 0.6) is 0 Å². The molecule has 0 aromatic rings. The Balaban J connectivity index is 6.56. The van der Waals surface area contributed by atoms with Crippen LogP contribution in [0.25, 0.3) is 0 Å². The number of nitrogens with zero attached hydrogens (tertiary/aromatic N) is 4. The summed E-state index contributed by atoms with van der Waals surface area (Å²) in [5, 5.41) is 61.8. The Morgan fingerprint density at radius 1 is 0.692 bits per heavy atom. The summed E-state index contributed by atoms with van der Waals surface area (Å²) in [4.78, 5) is 60.3.